The molecule has 0 spiro atoms. The molecule has 0 fully saturated rings. The van der Waals surface area contributed by atoms with E-state index in [1.807, 2.05) is 0 Å². The summed E-state index contributed by atoms with van der Waals surface area (Å²) in [5.41, 5.74) is 8.20. The first-order chi connectivity index (χ1) is 12.5. The Hall–Kier alpha value is -3.28. The molecule has 8 heteroatoms. The monoisotopic (exact) mass is 357 g/mol. The van der Waals surface area contributed by atoms with Gasteiger partial charge >= 0.3 is 0 Å². The van der Waals surface area contributed by atoms with Crippen molar-refractivity contribution in [3.05, 3.63) is 54.0 Å². The van der Waals surface area contributed by atoms with Crippen LogP contribution in [0.2, 0.25) is 0 Å². The van der Waals surface area contributed by atoms with Gasteiger partial charge in [-0.1, -0.05) is 11.8 Å². The van der Waals surface area contributed by atoms with Gasteiger partial charge in [0.1, 0.15) is 24.7 Å². The van der Waals surface area contributed by atoms with Crippen LogP contribution in [0.3, 0.4) is 0 Å². The molecule has 0 bridgehead atoms. The van der Waals surface area contributed by atoms with Crippen molar-refractivity contribution in [2.75, 3.05) is 6.61 Å². The Morgan fingerprint density at radius 3 is 2.62 bits per heavy atom. The molecule has 1 aromatic heterocycles. The largest absolute Gasteiger partial charge is 0.481 e. The van der Waals surface area contributed by atoms with Crippen molar-refractivity contribution >= 4 is 11.8 Å². The van der Waals surface area contributed by atoms with Gasteiger partial charge in [-0.25, -0.2) is 5.48 Å². The molecule has 0 aliphatic rings. The SMILES string of the molecule is C[C@@H](N)[C@H](NC(=O)c1ccc(OCC#Cc2ccoc2)cc1)C(=O)NO. The van der Waals surface area contributed by atoms with Crippen LogP contribution in [0, 0.1) is 11.8 Å². The Labute approximate surface area is 150 Å². The molecule has 136 valence electrons. The maximum Gasteiger partial charge on any atom is 0.267 e. The number of hydroxylamine groups is 1. The minimum absolute atomic E-state index is 0.181. The van der Waals surface area contributed by atoms with Crippen molar-refractivity contribution in [1.29, 1.82) is 0 Å². The fourth-order valence-electron chi connectivity index (χ4n) is 2.03. The molecule has 1 aromatic carbocycles. The second-order valence-corrected chi connectivity index (χ2v) is 5.41. The molecular weight excluding hydrogens is 338 g/mol. The smallest absolute Gasteiger partial charge is 0.267 e. The summed E-state index contributed by atoms with van der Waals surface area (Å²) in [5, 5.41) is 11.2. The lowest BCUT2D eigenvalue weighted by Crippen LogP contribution is -2.54. The predicted octanol–water partition coefficient (Wildman–Crippen LogP) is 0.661. The highest BCUT2D eigenvalue weighted by molar-refractivity contribution is 5.97. The number of rotatable bonds is 6. The fourth-order valence-corrected chi connectivity index (χ4v) is 2.03. The first-order valence-corrected chi connectivity index (χ1v) is 7.75. The van der Waals surface area contributed by atoms with Crippen molar-refractivity contribution in [2.24, 2.45) is 5.73 Å². The zero-order chi connectivity index (χ0) is 18.9. The van der Waals surface area contributed by atoms with Crippen molar-refractivity contribution in [2.45, 2.75) is 19.0 Å². The molecule has 2 amide bonds. The Morgan fingerprint density at radius 2 is 2.04 bits per heavy atom. The van der Waals surface area contributed by atoms with Crippen LogP contribution in [-0.4, -0.2) is 35.7 Å². The second-order valence-electron chi connectivity index (χ2n) is 5.41. The van der Waals surface area contributed by atoms with Crippen LogP contribution in [0.25, 0.3) is 0 Å². The number of hydrogen-bond acceptors (Lipinski definition) is 6. The summed E-state index contributed by atoms with van der Waals surface area (Å²) >= 11 is 0. The van der Waals surface area contributed by atoms with E-state index in [1.54, 1.807) is 37.3 Å². The Morgan fingerprint density at radius 1 is 1.31 bits per heavy atom. The van der Waals surface area contributed by atoms with Crippen LogP contribution >= 0.6 is 0 Å². The van der Waals surface area contributed by atoms with Gasteiger partial charge in [0.2, 0.25) is 0 Å². The summed E-state index contributed by atoms with van der Waals surface area (Å²) in [6, 6.07) is 6.33. The van der Waals surface area contributed by atoms with Crippen LogP contribution < -0.4 is 21.3 Å². The number of carbonyl (C=O) groups excluding carboxylic acids is 2. The van der Waals surface area contributed by atoms with E-state index in [-0.39, 0.29) is 6.61 Å². The van der Waals surface area contributed by atoms with Gasteiger partial charge in [-0.2, -0.15) is 0 Å². The molecule has 0 saturated heterocycles. The number of nitrogens with one attached hydrogen (secondary N) is 2. The molecule has 2 atom stereocenters. The Kier molecular flexibility index (Phi) is 6.79. The lowest BCUT2D eigenvalue weighted by Gasteiger charge is -2.20. The van der Waals surface area contributed by atoms with Gasteiger partial charge < -0.3 is 20.2 Å². The fraction of sp³-hybridized carbons (Fsp3) is 0.222. The van der Waals surface area contributed by atoms with Gasteiger partial charge in [0.05, 0.1) is 11.8 Å². The maximum atomic E-state index is 12.2. The van der Waals surface area contributed by atoms with E-state index in [1.165, 1.54) is 18.0 Å². The molecule has 8 nitrogen and oxygen atoms in total. The number of carbonyl (C=O) groups is 2. The first kappa shape index (κ1) is 19.1. The highest BCUT2D eigenvalue weighted by Crippen LogP contribution is 2.12. The molecule has 0 radical (unpaired) electrons. The van der Waals surface area contributed by atoms with Crippen LogP contribution in [0.1, 0.15) is 22.8 Å². The molecule has 5 N–H and O–H groups in total. The summed E-state index contributed by atoms with van der Waals surface area (Å²) in [7, 11) is 0. The van der Waals surface area contributed by atoms with Crippen molar-refractivity contribution in [3.8, 4) is 17.6 Å². The topological polar surface area (TPSA) is 127 Å². The average molecular weight is 357 g/mol. The number of nitrogens with two attached hydrogens (primary N) is 1. The van der Waals surface area contributed by atoms with Crippen molar-refractivity contribution in [1.82, 2.24) is 10.8 Å². The highest BCUT2D eigenvalue weighted by Gasteiger charge is 2.24. The standard InChI is InChI=1S/C18H19N3O5/c1-12(19)16(18(23)21-24)20-17(22)14-4-6-15(7-5-14)26-9-2-3-13-8-10-25-11-13/h4-8,10-12,16,24H,9,19H2,1H3,(H,20,22)(H,21,23)/t12-,16+/m1/s1. The lowest BCUT2D eigenvalue weighted by atomic mass is 10.1. The van der Waals surface area contributed by atoms with Crippen LogP contribution in [0.5, 0.6) is 5.75 Å². The minimum Gasteiger partial charge on any atom is -0.481 e. The van der Waals surface area contributed by atoms with Gasteiger partial charge in [-0.3, -0.25) is 14.8 Å². The van der Waals surface area contributed by atoms with Crippen molar-refractivity contribution < 1.29 is 24.0 Å². The zero-order valence-electron chi connectivity index (χ0n) is 14.1. The molecule has 1 heterocycles. The molecule has 26 heavy (non-hydrogen) atoms. The third kappa shape index (κ3) is 5.37. The van der Waals surface area contributed by atoms with E-state index in [2.05, 4.69) is 17.2 Å². The van der Waals surface area contributed by atoms with Gasteiger partial charge in [-0.15, -0.1) is 0 Å². The van der Waals surface area contributed by atoms with Gasteiger partial charge in [0.25, 0.3) is 11.8 Å². The lowest BCUT2D eigenvalue weighted by molar-refractivity contribution is -0.131. The number of amides is 2. The third-order valence-electron chi connectivity index (χ3n) is 3.39. The third-order valence-corrected chi connectivity index (χ3v) is 3.39. The summed E-state index contributed by atoms with van der Waals surface area (Å²) in [5.74, 6) is 4.96. The minimum atomic E-state index is -1.05. The van der Waals surface area contributed by atoms with Gasteiger partial charge in [0.15, 0.2) is 0 Å². The second kappa shape index (κ2) is 9.27. The normalized spacial score (nSPS) is 12.3. The number of benzene rings is 1. The maximum absolute atomic E-state index is 12.2. The summed E-state index contributed by atoms with van der Waals surface area (Å²) in [6.45, 7) is 1.72. The van der Waals surface area contributed by atoms with Crippen LogP contribution in [-0.2, 0) is 4.79 Å². The zero-order valence-corrected chi connectivity index (χ0v) is 14.1. The number of furan rings is 1. The molecule has 2 aromatic rings. The number of hydrogen-bond donors (Lipinski definition) is 4. The summed E-state index contributed by atoms with van der Waals surface area (Å²) in [4.78, 5) is 23.7. The van der Waals surface area contributed by atoms with E-state index in [0.29, 0.717) is 11.3 Å². The summed E-state index contributed by atoms with van der Waals surface area (Å²) < 4.78 is 10.4. The van der Waals surface area contributed by atoms with Gasteiger partial charge in [0, 0.05) is 11.6 Å². The highest BCUT2D eigenvalue weighted by atomic mass is 16.5. The molecule has 2 rings (SSSR count). The Balaban J connectivity index is 1.91. The summed E-state index contributed by atoms with van der Waals surface area (Å²) in [6.07, 6.45) is 3.07. The molecule has 0 unspecified atom stereocenters. The quantitative estimate of drug-likeness (QED) is 0.342. The van der Waals surface area contributed by atoms with Crippen LogP contribution in [0.15, 0.2) is 47.3 Å². The molecular formula is C18H19N3O5. The van der Waals surface area contributed by atoms with E-state index >= 15 is 0 Å². The predicted molar refractivity (Wildman–Crippen MR) is 92.4 cm³/mol. The Bertz CT molecular complexity index is 788. The van der Waals surface area contributed by atoms with E-state index in [9.17, 15) is 9.59 Å². The van der Waals surface area contributed by atoms with Crippen molar-refractivity contribution in [3.63, 3.8) is 0 Å². The molecule has 0 aliphatic heterocycles. The van der Waals surface area contributed by atoms with E-state index < -0.39 is 23.9 Å². The van der Waals surface area contributed by atoms with E-state index in [0.717, 1.165) is 5.56 Å². The van der Waals surface area contributed by atoms with Gasteiger partial charge in [-0.05, 0) is 37.3 Å². The van der Waals surface area contributed by atoms with Crippen LogP contribution in [0.4, 0.5) is 0 Å². The first-order valence-electron chi connectivity index (χ1n) is 7.75. The number of ether oxygens (including phenoxy) is 1. The van der Waals surface area contributed by atoms with E-state index in [4.69, 9.17) is 20.1 Å². The molecule has 0 aliphatic carbocycles. The average Bonchev–Trinajstić information content (AvgIpc) is 3.16. The molecule has 0 saturated carbocycles.